The summed E-state index contributed by atoms with van der Waals surface area (Å²) in [7, 11) is 0. The molecular weight excluding hydrogens is 333 g/mol. The Bertz CT molecular complexity index is 639. The average molecular weight is 345 g/mol. The molecule has 0 aliphatic heterocycles. The summed E-state index contributed by atoms with van der Waals surface area (Å²) in [5, 5.41) is 3.04. The second-order valence-electron chi connectivity index (χ2n) is 4.34. The molecule has 20 heavy (non-hydrogen) atoms. The molecule has 0 aromatic heterocycles. The van der Waals surface area contributed by atoms with E-state index in [-0.39, 0.29) is 5.69 Å². The van der Waals surface area contributed by atoms with Gasteiger partial charge < -0.3 is 11.1 Å². The topological polar surface area (TPSA) is 38.0 Å². The van der Waals surface area contributed by atoms with Crippen molar-refractivity contribution in [2.75, 3.05) is 11.1 Å². The van der Waals surface area contributed by atoms with E-state index in [0.29, 0.717) is 5.69 Å². The second kappa shape index (κ2) is 5.36. The summed E-state index contributed by atoms with van der Waals surface area (Å²) in [5.41, 5.74) is 7.15. The van der Waals surface area contributed by atoms with Crippen LogP contribution in [0.3, 0.4) is 0 Å². The van der Waals surface area contributed by atoms with Crippen LogP contribution in [0.15, 0.2) is 40.9 Å². The highest BCUT2D eigenvalue weighted by Crippen LogP contribution is 2.34. The third kappa shape index (κ3) is 3.07. The van der Waals surface area contributed by atoms with Crippen LogP contribution in [0.1, 0.15) is 11.1 Å². The molecule has 0 radical (unpaired) electrons. The molecule has 106 valence electrons. The Morgan fingerprint density at radius 1 is 1.10 bits per heavy atom. The number of nitrogens with two attached hydrogens (primary N) is 1. The van der Waals surface area contributed by atoms with Crippen LogP contribution in [0.2, 0.25) is 0 Å². The molecule has 0 saturated carbocycles. The molecule has 0 fully saturated rings. The van der Waals surface area contributed by atoms with Crippen molar-refractivity contribution in [2.45, 2.75) is 13.1 Å². The molecule has 2 aromatic rings. The first-order valence-corrected chi connectivity index (χ1v) is 6.57. The first-order chi connectivity index (χ1) is 9.29. The van der Waals surface area contributed by atoms with Crippen molar-refractivity contribution in [3.05, 3.63) is 52.0 Å². The Morgan fingerprint density at radius 3 is 2.40 bits per heavy atom. The Hall–Kier alpha value is -1.69. The minimum atomic E-state index is -4.39. The maximum atomic E-state index is 12.6. The lowest BCUT2D eigenvalue weighted by molar-refractivity contribution is -0.137. The fourth-order valence-electron chi connectivity index (χ4n) is 1.74. The van der Waals surface area contributed by atoms with Gasteiger partial charge in [-0.2, -0.15) is 13.2 Å². The molecule has 2 nitrogen and oxygen atoms in total. The quantitative estimate of drug-likeness (QED) is 0.743. The normalized spacial score (nSPS) is 11.4. The minimum Gasteiger partial charge on any atom is -0.397 e. The maximum absolute atomic E-state index is 12.6. The van der Waals surface area contributed by atoms with Crippen molar-refractivity contribution in [3.63, 3.8) is 0 Å². The van der Waals surface area contributed by atoms with Gasteiger partial charge in [0, 0.05) is 10.2 Å². The molecule has 0 unspecified atom stereocenters. The Labute approximate surface area is 122 Å². The summed E-state index contributed by atoms with van der Waals surface area (Å²) in [5.74, 6) is 0. The Morgan fingerprint density at radius 2 is 1.80 bits per heavy atom. The number of halogens is 4. The molecule has 2 aromatic carbocycles. The number of nitrogens with one attached hydrogen (secondary N) is 1. The lowest BCUT2D eigenvalue weighted by atomic mass is 10.1. The highest BCUT2D eigenvalue weighted by molar-refractivity contribution is 9.10. The molecule has 3 N–H and O–H groups in total. The summed E-state index contributed by atoms with van der Waals surface area (Å²) >= 11 is 3.40. The average Bonchev–Trinajstić information content (AvgIpc) is 2.36. The van der Waals surface area contributed by atoms with Crippen molar-refractivity contribution < 1.29 is 13.2 Å². The van der Waals surface area contributed by atoms with Gasteiger partial charge in [-0.05, 0) is 42.8 Å². The van der Waals surface area contributed by atoms with E-state index >= 15 is 0 Å². The van der Waals surface area contributed by atoms with Crippen LogP contribution in [-0.2, 0) is 6.18 Å². The molecule has 0 spiro atoms. The van der Waals surface area contributed by atoms with Gasteiger partial charge in [0.15, 0.2) is 0 Å². The fraction of sp³-hybridized carbons (Fsp3) is 0.143. The summed E-state index contributed by atoms with van der Waals surface area (Å²) < 4.78 is 38.6. The zero-order valence-corrected chi connectivity index (χ0v) is 12.1. The predicted octanol–water partition coefficient (Wildman–Crippen LogP) is 5.10. The van der Waals surface area contributed by atoms with Crippen molar-refractivity contribution in [1.82, 2.24) is 0 Å². The highest BCUT2D eigenvalue weighted by Gasteiger charge is 2.30. The molecule has 0 amide bonds. The van der Waals surface area contributed by atoms with Crippen molar-refractivity contribution in [3.8, 4) is 0 Å². The number of hydrogen-bond acceptors (Lipinski definition) is 2. The first-order valence-electron chi connectivity index (χ1n) is 5.78. The Balaban J connectivity index is 2.33. The van der Waals surface area contributed by atoms with Gasteiger partial charge in [0.2, 0.25) is 0 Å². The third-order valence-electron chi connectivity index (χ3n) is 2.92. The van der Waals surface area contributed by atoms with Crippen molar-refractivity contribution in [2.24, 2.45) is 0 Å². The minimum absolute atomic E-state index is 0.0548. The Kier molecular flexibility index (Phi) is 3.94. The van der Waals surface area contributed by atoms with Crippen LogP contribution >= 0.6 is 15.9 Å². The smallest absolute Gasteiger partial charge is 0.397 e. The molecule has 0 aliphatic rings. The third-order valence-corrected chi connectivity index (χ3v) is 3.78. The van der Waals surface area contributed by atoms with Gasteiger partial charge in [-0.3, -0.25) is 0 Å². The van der Waals surface area contributed by atoms with Gasteiger partial charge in [0.1, 0.15) is 0 Å². The summed E-state index contributed by atoms with van der Waals surface area (Å²) in [4.78, 5) is 0. The van der Waals surface area contributed by atoms with Gasteiger partial charge in [-0.15, -0.1) is 0 Å². The highest BCUT2D eigenvalue weighted by atomic mass is 79.9. The van der Waals surface area contributed by atoms with Crippen molar-refractivity contribution >= 4 is 33.0 Å². The fourth-order valence-corrected chi connectivity index (χ4v) is 2.11. The molecule has 0 atom stereocenters. The summed E-state index contributed by atoms with van der Waals surface area (Å²) in [6.45, 7) is 1.90. The van der Waals surface area contributed by atoms with E-state index < -0.39 is 11.7 Å². The molecule has 0 saturated heterocycles. The second-order valence-corrected chi connectivity index (χ2v) is 5.19. The van der Waals surface area contributed by atoms with E-state index in [1.54, 1.807) is 0 Å². The standard InChI is InChI=1S/C14H12BrF3N2/c1-8-10(15)3-2-4-12(8)20-13-6-5-9(7-11(13)19)14(16,17)18/h2-7,20H,19H2,1H3. The number of anilines is 3. The molecule has 2 rings (SSSR count). The monoisotopic (exact) mass is 344 g/mol. The molecule has 6 heteroatoms. The van der Waals surface area contributed by atoms with Crippen LogP contribution < -0.4 is 11.1 Å². The number of benzene rings is 2. The van der Waals surface area contributed by atoms with E-state index in [9.17, 15) is 13.2 Å². The predicted molar refractivity (Wildman–Crippen MR) is 78.0 cm³/mol. The van der Waals surface area contributed by atoms with Crippen molar-refractivity contribution in [1.29, 1.82) is 0 Å². The number of nitrogen functional groups attached to an aromatic ring is 1. The van der Waals surface area contributed by atoms with E-state index in [4.69, 9.17) is 5.73 Å². The van der Waals surface area contributed by atoms with E-state index in [1.807, 2.05) is 25.1 Å². The maximum Gasteiger partial charge on any atom is 0.416 e. The lowest BCUT2D eigenvalue weighted by Gasteiger charge is -2.14. The zero-order chi connectivity index (χ0) is 14.9. The van der Waals surface area contributed by atoms with Crippen LogP contribution in [0.4, 0.5) is 30.2 Å². The summed E-state index contributed by atoms with van der Waals surface area (Å²) in [6.07, 6.45) is -4.39. The number of rotatable bonds is 2. The van der Waals surface area contributed by atoms with E-state index in [0.717, 1.165) is 27.9 Å². The first kappa shape index (κ1) is 14.7. The van der Waals surface area contributed by atoms with Gasteiger partial charge in [-0.25, -0.2) is 0 Å². The molecule has 0 heterocycles. The largest absolute Gasteiger partial charge is 0.416 e. The van der Waals surface area contributed by atoms with E-state index in [2.05, 4.69) is 21.2 Å². The summed E-state index contributed by atoms with van der Waals surface area (Å²) in [6, 6.07) is 8.81. The van der Waals surface area contributed by atoms with Gasteiger partial charge in [0.25, 0.3) is 0 Å². The molecular formula is C14H12BrF3N2. The van der Waals surface area contributed by atoms with Gasteiger partial charge >= 0.3 is 6.18 Å². The van der Waals surface area contributed by atoms with Crippen LogP contribution in [-0.4, -0.2) is 0 Å². The number of hydrogen-bond donors (Lipinski definition) is 2. The SMILES string of the molecule is Cc1c(Br)cccc1Nc1ccc(C(F)(F)F)cc1N. The van der Waals surface area contributed by atoms with Crippen LogP contribution in [0.25, 0.3) is 0 Å². The van der Waals surface area contributed by atoms with Crippen LogP contribution in [0.5, 0.6) is 0 Å². The van der Waals surface area contributed by atoms with Gasteiger partial charge in [-0.1, -0.05) is 22.0 Å². The van der Waals surface area contributed by atoms with E-state index in [1.165, 1.54) is 6.07 Å². The zero-order valence-electron chi connectivity index (χ0n) is 10.6. The molecule has 0 aliphatic carbocycles. The van der Waals surface area contributed by atoms with Gasteiger partial charge in [0.05, 0.1) is 16.9 Å². The lowest BCUT2D eigenvalue weighted by Crippen LogP contribution is -2.07. The van der Waals surface area contributed by atoms with Crippen LogP contribution in [0, 0.1) is 6.92 Å². The molecule has 0 bridgehead atoms. The number of alkyl halides is 3.